The van der Waals surface area contributed by atoms with Gasteiger partial charge in [0.2, 0.25) is 0 Å². The molecular weight excluding hydrogens is 246 g/mol. The van der Waals surface area contributed by atoms with Gasteiger partial charge in [-0.25, -0.2) is 0 Å². The number of hydrogen-bond donors (Lipinski definition) is 3. The standard InChI is InChI=1S/C14H25NO4/c1-11(2)9-19-8-7-15-10-14(18)5-3-12(4-6-14)13(16)17/h12,15,18H,1,3-10H2,2H3,(H,16,17). The molecule has 110 valence electrons. The van der Waals surface area contributed by atoms with Crippen molar-refractivity contribution in [2.75, 3.05) is 26.3 Å². The van der Waals surface area contributed by atoms with Gasteiger partial charge in [-0.3, -0.25) is 4.79 Å². The van der Waals surface area contributed by atoms with Gasteiger partial charge in [0.15, 0.2) is 0 Å². The van der Waals surface area contributed by atoms with Crippen LogP contribution < -0.4 is 5.32 Å². The van der Waals surface area contributed by atoms with Gasteiger partial charge in [-0.2, -0.15) is 0 Å². The molecule has 0 heterocycles. The Kier molecular flexibility index (Phi) is 6.48. The third kappa shape index (κ3) is 6.18. The highest BCUT2D eigenvalue weighted by molar-refractivity contribution is 5.70. The van der Waals surface area contributed by atoms with E-state index in [1.165, 1.54) is 0 Å². The van der Waals surface area contributed by atoms with Crippen LogP contribution in [0.1, 0.15) is 32.6 Å². The SMILES string of the molecule is C=C(C)COCCNCC1(O)CCC(C(=O)O)CC1. The summed E-state index contributed by atoms with van der Waals surface area (Å²) in [5.74, 6) is -1.04. The Morgan fingerprint density at radius 2 is 2.11 bits per heavy atom. The average Bonchev–Trinajstić information content (AvgIpc) is 2.34. The fourth-order valence-corrected chi connectivity index (χ4v) is 2.29. The summed E-state index contributed by atoms with van der Waals surface area (Å²) in [6.07, 6.45) is 2.20. The summed E-state index contributed by atoms with van der Waals surface area (Å²) < 4.78 is 5.34. The fraction of sp³-hybridized carbons (Fsp3) is 0.786. The first-order valence-corrected chi connectivity index (χ1v) is 6.81. The Morgan fingerprint density at radius 3 is 2.63 bits per heavy atom. The molecule has 0 aromatic rings. The lowest BCUT2D eigenvalue weighted by Crippen LogP contribution is -2.45. The summed E-state index contributed by atoms with van der Waals surface area (Å²) in [7, 11) is 0. The van der Waals surface area contributed by atoms with E-state index in [4.69, 9.17) is 9.84 Å². The Morgan fingerprint density at radius 1 is 1.47 bits per heavy atom. The summed E-state index contributed by atoms with van der Waals surface area (Å²) in [6.45, 7) is 7.98. The monoisotopic (exact) mass is 271 g/mol. The smallest absolute Gasteiger partial charge is 0.306 e. The maximum atomic E-state index is 10.8. The van der Waals surface area contributed by atoms with Crippen LogP contribution in [0.3, 0.4) is 0 Å². The van der Waals surface area contributed by atoms with Crippen molar-refractivity contribution >= 4 is 5.97 Å². The number of ether oxygens (including phenoxy) is 1. The summed E-state index contributed by atoms with van der Waals surface area (Å²) in [5.41, 5.74) is 0.228. The van der Waals surface area contributed by atoms with Crippen LogP contribution in [0.15, 0.2) is 12.2 Å². The van der Waals surface area contributed by atoms with E-state index in [-0.39, 0.29) is 5.92 Å². The predicted octanol–water partition coefficient (Wildman–Crippen LogP) is 1.17. The van der Waals surface area contributed by atoms with E-state index in [1.807, 2.05) is 6.92 Å². The maximum Gasteiger partial charge on any atom is 0.306 e. The van der Waals surface area contributed by atoms with E-state index in [9.17, 15) is 9.90 Å². The Bertz CT molecular complexity index is 309. The largest absolute Gasteiger partial charge is 0.481 e. The molecule has 5 heteroatoms. The maximum absolute atomic E-state index is 10.8. The van der Waals surface area contributed by atoms with Crippen molar-refractivity contribution in [1.29, 1.82) is 0 Å². The normalized spacial score (nSPS) is 27.2. The van der Waals surface area contributed by atoms with Crippen LogP contribution in [0.2, 0.25) is 0 Å². The summed E-state index contributed by atoms with van der Waals surface area (Å²) in [4.78, 5) is 10.8. The van der Waals surface area contributed by atoms with Crippen LogP contribution in [-0.4, -0.2) is 48.1 Å². The zero-order valence-electron chi connectivity index (χ0n) is 11.7. The fourth-order valence-electron chi connectivity index (χ4n) is 2.29. The molecule has 0 aromatic heterocycles. The van der Waals surface area contributed by atoms with Gasteiger partial charge in [-0.05, 0) is 32.6 Å². The van der Waals surface area contributed by atoms with Crippen LogP contribution >= 0.6 is 0 Å². The van der Waals surface area contributed by atoms with Gasteiger partial charge >= 0.3 is 5.97 Å². The third-order valence-electron chi connectivity index (χ3n) is 3.49. The van der Waals surface area contributed by atoms with Gasteiger partial charge in [0.1, 0.15) is 0 Å². The van der Waals surface area contributed by atoms with Crippen molar-refractivity contribution in [3.63, 3.8) is 0 Å². The minimum atomic E-state index is -0.764. The quantitative estimate of drug-likeness (QED) is 0.456. The lowest BCUT2D eigenvalue weighted by Gasteiger charge is -2.34. The van der Waals surface area contributed by atoms with Crippen molar-refractivity contribution in [3.05, 3.63) is 12.2 Å². The number of rotatable bonds is 8. The molecule has 19 heavy (non-hydrogen) atoms. The number of aliphatic carboxylic acids is 1. The predicted molar refractivity (Wildman–Crippen MR) is 73.0 cm³/mol. The van der Waals surface area contributed by atoms with Crippen molar-refractivity contribution in [3.8, 4) is 0 Å². The van der Waals surface area contributed by atoms with Gasteiger partial charge in [-0.1, -0.05) is 12.2 Å². The number of carbonyl (C=O) groups is 1. The van der Waals surface area contributed by atoms with Crippen molar-refractivity contribution in [2.24, 2.45) is 5.92 Å². The first-order valence-electron chi connectivity index (χ1n) is 6.81. The van der Waals surface area contributed by atoms with Gasteiger partial charge in [-0.15, -0.1) is 0 Å². The van der Waals surface area contributed by atoms with Crippen LogP contribution in [-0.2, 0) is 9.53 Å². The molecule has 0 aliphatic heterocycles. The second-order valence-electron chi connectivity index (χ2n) is 5.52. The topological polar surface area (TPSA) is 78.8 Å². The minimum absolute atomic E-state index is 0.292. The minimum Gasteiger partial charge on any atom is -0.481 e. The molecule has 1 rings (SSSR count). The zero-order valence-corrected chi connectivity index (χ0v) is 11.7. The highest BCUT2D eigenvalue weighted by Gasteiger charge is 2.35. The summed E-state index contributed by atoms with van der Waals surface area (Å²) in [5, 5.41) is 22.4. The summed E-state index contributed by atoms with van der Waals surface area (Å²) in [6, 6.07) is 0. The lowest BCUT2D eigenvalue weighted by molar-refractivity contribution is -0.144. The molecule has 0 saturated heterocycles. The number of carboxylic acids is 1. The molecule has 0 amide bonds. The second-order valence-corrected chi connectivity index (χ2v) is 5.52. The van der Waals surface area contributed by atoms with Gasteiger partial charge in [0, 0.05) is 13.1 Å². The number of carboxylic acid groups (broad SMARTS) is 1. The van der Waals surface area contributed by atoms with E-state index in [0.29, 0.717) is 52.0 Å². The molecule has 0 spiro atoms. The summed E-state index contributed by atoms with van der Waals surface area (Å²) >= 11 is 0. The van der Waals surface area contributed by atoms with Crippen LogP contribution in [0, 0.1) is 5.92 Å². The number of hydrogen-bond acceptors (Lipinski definition) is 4. The molecule has 0 bridgehead atoms. The molecular formula is C14H25NO4. The van der Waals surface area contributed by atoms with Crippen molar-refractivity contribution in [2.45, 2.75) is 38.2 Å². The molecule has 0 aromatic carbocycles. The lowest BCUT2D eigenvalue weighted by atomic mass is 9.79. The van der Waals surface area contributed by atoms with E-state index in [0.717, 1.165) is 5.57 Å². The highest BCUT2D eigenvalue weighted by atomic mass is 16.5. The molecule has 3 N–H and O–H groups in total. The third-order valence-corrected chi connectivity index (χ3v) is 3.49. The number of aliphatic hydroxyl groups is 1. The average molecular weight is 271 g/mol. The molecule has 1 fully saturated rings. The van der Waals surface area contributed by atoms with Gasteiger partial charge in [0.25, 0.3) is 0 Å². The van der Waals surface area contributed by atoms with Crippen LogP contribution in [0.4, 0.5) is 0 Å². The first-order chi connectivity index (χ1) is 8.93. The van der Waals surface area contributed by atoms with Crippen LogP contribution in [0.5, 0.6) is 0 Å². The first kappa shape index (κ1) is 16.1. The molecule has 0 unspecified atom stereocenters. The van der Waals surface area contributed by atoms with Crippen molar-refractivity contribution < 1.29 is 19.7 Å². The van der Waals surface area contributed by atoms with Gasteiger partial charge < -0.3 is 20.3 Å². The van der Waals surface area contributed by atoms with Gasteiger partial charge in [0.05, 0.1) is 24.7 Å². The number of nitrogens with one attached hydrogen (secondary N) is 1. The van der Waals surface area contributed by atoms with E-state index in [1.54, 1.807) is 0 Å². The molecule has 0 atom stereocenters. The Balaban J connectivity index is 2.12. The van der Waals surface area contributed by atoms with Crippen LogP contribution in [0.25, 0.3) is 0 Å². The highest BCUT2D eigenvalue weighted by Crippen LogP contribution is 2.31. The Labute approximate surface area is 114 Å². The van der Waals surface area contributed by atoms with E-state index < -0.39 is 11.6 Å². The Hall–Kier alpha value is -0.910. The molecule has 1 saturated carbocycles. The molecule has 5 nitrogen and oxygen atoms in total. The van der Waals surface area contributed by atoms with E-state index >= 15 is 0 Å². The molecule has 1 aliphatic rings. The molecule has 0 radical (unpaired) electrons. The van der Waals surface area contributed by atoms with Crippen molar-refractivity contribution in [1.82, 2.24) is 5.32 Å². The second kappa shape index (κ2) is 7.62. The molecule has 1 aliphatic carbocycles. The zero-order chi connectivity index (χ0) is 14.3. The van der Waals surface area contributed by atoms with E-state index in [2.05, 4.69) is 11.9 Å².